The maximum atomic E-state index is 13.7. The lowest BCUT2D eigenvalue weighted by molar-refractivity contribution is 0.635. The number of aryl methyl sites for hydroxylation is 2. The van der Waals surface area contributed by atoms with Gasteiger partial charge in [-0.15, -0.1) is 0 Å². The monoisotopic (exact) mass is 439 g/mol. The highest BCUT2D eigenvalue weighted by atomic mass is 32.2. The van der Waals surface area contributed by atoms with E-state index < -0.39 is 10.8 Å². The molecule has 2 aliphatic heterocycles. The molecule has 1 saturated heterocycles. The predicted molar refractivity (Wildman–Crippen MR) is 123 cm³/mol. The molecule has 0 saturated carbocycles. The van der Waals surface area contributed by atoms with E-state index in [0.717, 1.165) is 31.9 Å². The minimum atomic E-state index is -1.12. The lowest BCUT2D eigenvalue weighted by Crippen LogP contribution is -2.47. The second kappa shape index (κ2) is 8.42. The average Bonchev–Trinajstić information content (AvgIpc) is 3.15. The minimum absolute atomic E-state index is 0.201. The molecule has 1 N–H and O–H groups in total. The SMILES string of the molecule is Cc1cccc(N2CCN(c3nc4c(c(NC5C=C(F)C=CC5)n3)S(=O)CC4)CC2)c1. The third-order valence-corrected chi connectivity index (χ3v) is 7.41. The predicted octanol–water partition coefficient (Wildman–Crippen LogP) is 3.37. The van der Waals surface area contributed by atoms with E-state index in [9.17, 15) is 8.60 Å². The molecule has 0 spiro atoms. The fourth-order valence-electron chi connectivity index (χ4n) is 4.33. The fourth-order valence-corrected chi connectivity index (χ4v) is 5.65. The number of aromatic nitrogens is 2. The third kappa shape index (κ3) is 4.21. The molecule has 1 aliphatic carbocycles. The largest absolute Gasteiger partial charge is 0.368 e. The molecule has 2 atom stereocenters. The van der Waals surface area contributed by atoms with Crippen LogP contribution in [0.4, 0.5) is 21.8 Å². The van der Waals surface area contributed by atoms with E-state index in [1.807, 2.05) is 0 Å². The summed E-state index contributed by atoms with van der Waals surface area (Å²) < 4.78 is 26.3. The number of allylic oxidation sites excluding steroid dienone is 2. The number of anilines is 3. The van der Waals surface area contributed by atoms with Gasteiger partial charge in [-0.2, -0.15) is 4.98 Å². The number of piperazine rings is 1. The average molecular weight is 440 g/mol. The van der Waals surface area contributed by atoms with Crippen molar-refractivity contribution in [1.29, 1.82) is 0 Å². The number of hydrogen-bond acceptors (Lipinski definition) is 6. The Morgan fingerprint density at radius 3 is 2.74 bits per heavy atom. The van der Waals surface area contributed by atoms with Crippen LogP contribution in [0.2, 0.25) is 0 Å². The van der Waals surface area contributed by atoms with Crippen LogP contribution in [0.15, 0.2) is 53.2 Å². The van der Waals surface area contributed by atoms with Gasteiger partial charge in [0.2, 0.25) is 5.95 Å². The van der Waals surface area contributed by atoms with E-state index in [1.54, 1.807) is 12.2 Å². The van der Waals surface area contributed by atoms with Gasteiger partial charge in [-0.3, -0.25) is 4.21 Å². The zero-order valence-electron chi connectivity index (χ0n) is 17.6. The van der Waals surface area contributed by atoms with Crippen LogP contribution in [0.5, 0.6) is 0 Å². The van der Waals surface area contributed by atoms with Crippen molar-refractivity contribution in [2.75, 3.05) is 47.0 Å². The first kappa shape index (κ1) is 20.2. The summed E-state index contributed by atoms with van der Waals surface area (Å²) in [5.41, 5.74) is 3.35. The zero-order valence-corrected chi connectivity index (χ0v) is 18.4. The molecular weight excluding hydrogens is 413 g/mol. The Balaban J connectivity index is 1.36. The molecule has 3 aliphatic rings. The van der Waals surface area contributed by atoms with Gasteiger partial charge in [0.05, 0.1) is 22.5 Å². The summed E-state index contributed by atoms with van der Waals surface area (Å²) in [6.45, 7) is 5.52. The molecule has 1 aromatic carbocycles. The van der Waals surface area contributed by atoms with Crippen LogP contribution in [-0.2, 0) is 17.2 Å². The van der Waals surface area contributed by atoms with Crippen molar-refractivity contribution in [2.24, 2.45) is 0 Å². The molecule has 8 heteroatoms. The van der Waals surface area contributed by atoms with Gasteiger partial charge >= 0.3 is 0 Å². The maximum absolute atomic E-state index is 13.7. The van der Waals surface area contributed by atoms with Gasteiger partial charge in [0.15, 0.2) is 0 Å². The van der Waals surface area contributed by atoms with Crippen molar-refractivity contribution in [1.82, 2.24) is 9.97 Å². The number of nitrogens with zero attached hydrogens (tertiary/aromatic N) is 4. The lowest BCUT2D eigenvalue weighted by Gasteiger charge is -2.36. The number of halogens is 1. The Kier molecular flexibility index (Phi) is 5.48. The highest BCUT2D eigenvalue weighted by molar-refractivity contribution is 7.85. The Hall–Kier alpha value is -2.74. The van der Waals surface area contributed by atoms with Gasteiger partial charge < -0.3 is 15.1 Å². The molecule has 3 heterocycles. The highest BCUT2D eigenvalue weighted by Gasteiger charge is 2.29. The molecule has 2 aromatic rings. The Morgan fingerprint density at radius 2 is 1.97 bits per heavy atom. The Morgan fingerprint density at radius 1 is 1.16 bits per heavy atom. The van der Waals surface area contributed by atoms with Crippen LogP contribution < -0.4 is 15.1 Å². The second-order valence-electron chi connectivity index (χ2n) is 8.20. The molecule has 0 amide bonds. The topological polar surface area (TPSA) is 61.4 Å². The summed E-state index contributed by atoms with van der Waals surface area (Å²) in [7, 11) is -1.12. The van der Waals surface area contributed by atoms with E-state index in [-0.39, 0.29) is 11.9 Å². The molecule has 31 heavy (non-hydrogen) atoms. The number of nitrogens with one attached hydrogen (secondary N) is 1. The van der Waals surface area contributed by atoms with Crippen LogP contribution in [0, 0.1) is 6.92 Å². The van der Waals surface area contributed by atoms with Gasteiger partial charge in [-0.25, -0.2) is 9.37 Å². The first-order valence-corrected chi connectivity index (χ1v) is 12.0. The molecule has 6 nitrogen and oxygen atoms in total. The smallest absolute Gasteiger partial charge is 0.227 e. The number of hydrogen-bond donors (Lipinski definition) is 1. The van der Waals surface area contributed by atoms with Crippen LogP contribution >= 0.6 is 0 Å². The van der Waals surface area contributed by atoms with Crippen LogP contribution in [0.25, 0.3) is 0 Å². The van der Waals surface area contributed by atoms with Crippen molar-refractivity contribution in [3.05, 3.63) is 59.6 Å². The van der Waals surface area contributed by atoms with E-state index in [1.165, 1.54) is 17.3 Å². The van der Waals surface area contributed by atoms with Gasteiger partial charge in [0, 0.05) is 44.0 Å². The summed E-state index contributed by atoms with van der Waals surface area (Å²) in [4.78, 5) is 14.8. The Labute approximate surface area is 184 Å². The summed E-state index contributed by atoms with van der Waals surface area (Å²) >= 11 is 0. The van der Waals surface area contributed by atoms with Crippen molar-refractivity contribution >= 4 is 28.3 Å². The normalized spacial score (nSPS) is 23.0. The van der Waals surface area contributed by atoms with Crippen LogP contribution in [0.1, 0.15) is 17.7 Å². The molecule has 1 aromatic heterocycles. The number of benzene rings is 1. The van der Waals surface area contributed by atoms with Crippen LogP contribution in [-0.4, -0.2) is 52.2 Å². The van der Waals surface area contributed by atoms with Crippen LogP contribution in [0.3, 0.4) is 0 Å². The molecule has 162 valence electrons. The Bertz CT molecular complexity index is 1080. The van der Waals surface area contributed by atoms with Crippen molar-refractivity contribution < 1.29 is 8.60 Å². The highest BCUT2D eigenvalue weighted by Crippen LogP contribution is 2.31. The minimum Gasteiger partial charge on any atom is -0.368 e. The van der Waals surface area contributed by atoms with Gasteiger partial charge in [-0.1, -0.05) is 18.2 Å². The first-order chi connectivity index (χ1) is 15.1. The van der Waals surface area contributed by atoms with E-state index in [4.69, 9.17) is 9.97 Å². The molecular formula is C23H26FN5OS. The quantitative estimate of drug-likeness (QED) is 0.788. The van der Waals surface area contributed by atoms with Gasteiger partial charge in [0.25, 0.3) is 0 Å². The maximum Gasteiger partial charge on any atom is 0.227 e. The summed E-state index contributed by atoms with van der Waals surface area (Å²) in [5, 5.41) is 3.31. The first-order valence-electron chi connectivity index (χ1n) is 10.7. The standard InChI is InChI=1S/C23H26FN5OS/c1-16-4-2-7-19(14-16)28-9-11-29(12-10-28)23-26-20-8-13-31(30)21(20)22(27-23)25-18-6-3-5-17(24)15-18/h2-5,7,14-15,18H,6,8-13H2,1H3,(H,25,26,27). The van der Waals surface area contributed by atoms with Gasteiger partial charge in [-0.05, 0) is 43.2 Å². The van der Waals surface area contributed by atoms with Gasteiger partial charge in [0.1, 0.15) is 16.5 Å². The summed E-state index contributed by atoms with van der Waals surface area (Å²) in [6.07, 6.45) is 6.18. The van der Waals surface area contributed by atoms with Crippen molar-refractivity contribution in [2.45, 2.75) is 30.7 Å². The molecule has 0 bridgehead atoms. The fraction of sp³-hybridized carbons (Fsp3) is 0.391. The number of rotatable bonds is 4. The lowest BCUT2D eigenvalue weighted by atomic mass is 10.1. The van der Waals surface area contributed by atoms with Crippen molar-refractivity contribution in [3.8, 4) is 0 Å². The molecule has 0 radical (unpaired) electrons. The van der Waals surface area contributed by atoms with E-state index in [0.29, 0.717) is 35.3 Å². The third-order valence-electron chi connectivity index (χ3n) is 5.95. The van der Waals surface area contributed by atoms with E-state index in [2.05, 4.69) is 46.3 Å². The molecule has 5 rings (SSSR count). The molecule has 2 unspecified atom stereocenters. The summed E-state index contributed by atoms with van der Waals surface area (Å²) in [5.74, 6) is 1.56. The summed E-state index contributed by atoms with van der Waals surface area (Å²) in [6, 6.07) is 8.37. The second-order valence-corrected chi connectivity index (χ2v) is 9.71. The molecule has 1 fully saturated rings. The van der Waals surface area contributed by atoms with Crippen molar-refractivity contribution in [3.63, 3.8) is 0 Å². The van der Waals surface area contributed by atoms with E-state index >= 15 is 0 Å². The zero-order chi connectivity index (χ0) is 21.4. The number of fused-ring (bicyclic) bond motifs is 1.